The first-order valence-electron chi connectivity index (χ1n) is 9.79. The number of aromatic nitrogens is 2. The average molecular weight is 375 g/mol. The Morgan fingerprint density at radius 3 is 2.79 bits per heavy atom. The molecule has 0 saturated carbocycles. The molecule has 2 aromatic carbocycles. The number of H-pyrrole nitrogens is 1. The molecule has 1 unspecified atom stereocenters. The second-order valence-electron chi connectivity index (χ2n) is 8.22. The van der Waals surface area contributed by atoms with Gasteiger partial charge < -0.3 is 10.3 Å². The molecule has 1 heterocycles. The summed E-state index contributed by atoms with van der Waals surface area (Å²) in [6.45, 7) is 4.41. The van der Waals surface area contributed by atoms with Crippen LogP contribution in [0, 0.1) is 5.41 Å². The van der Waals surface area contributed by atoms with Crippen molar-refractivity contribution in [3.63, 3.8) is 0 Å². The van der Waals surface area contributed by atoms with Crippen molar-refractivity contribution in [1.29, 1.82) is 0 Å². The minimum atomic E-state index is -0.164. The van der Waals surface area contributed by atoms with Crippen molar-refractivity contribution in [2.75, 3.05) is 0 Å². The van der Waals surface area contributed by atoms with E-state index in [0.717, 1.165) is 12.8 Å². The third-order valence-electron chi connectivity index (χ3n) is 5.74. The van der Waals surface area contributed by atoms with Gasteiger partial charge in [-0.05, 0) is 41.5 Å². The highest BCUT2D eigenvalue weighted by atomic mass is 16.1. The predicted molar refractivity (Wildman–Crippen MR) is 110 cm³/mol. The molecule has 5 nitrogen and oxygen atoms in total. The minimum absolute atomic E-state index is 0.000471. The Labute approximate surface area is 164 Å². The maximum Gasteiger partial charge on any atom is 0.258 e. The second-order valence-corrected chi connectivity index (χ2v) is 8.22. The van der Waals surface area contributed by atoms with Crippen LogP contribution in [-0.2, 0) is 17.6 Å². The first-order valence-corrected chi connectivity index (χ1v) is 9.79. The highest BCUT2D eigenvalue weighted by molar-refractivity contribution is 5.78. The number of fused-ring (bicyclic) bond motifs is 2. The minimum Gasteiger partial charge on any atom is -0.349 e. The number of carbonyl (C=O) groups excluding carboxylic acids is 1. The summed E-state index contributed by atoms with van der Waals surface area (Å²) < 4.78 is 0. The Kier molecular flexibility index (Phi) is 4.75. The lowest BCUT2D eigenvalue weighted by molar-refractivity contribution is -0.122. The summed E-state index contributed by atoms with van der Waals surface area (Å²) in [6, 6.07) is 15.6. The molecule has 144 valence electrons. The number of carbonyl (C=O) groups is 1. The zero-order chi connectivity index (χ0) is 19.7. The number of para-hydroxylation sites is 1. The first-order chi connectivity index (χ1) is 13.4. The normalized spacial score (nSPS) is 17.9. The van der Waals surface area contributed by atoms with Crippen molar-refractivity contribution in [2.24, 2.45) is 5.41 Å². The van der Waals surface area contributed by atoms with Crippen LogP contribution < -0.4 is 10.9 Å². The van der Waals surface area contributed by atoms with Gasteiger partial charge in [-0.1, -0.05) is 50.2 Å². The van der Waals surface area contributed by atoms with Gasteiger partial charge in [-0.25, -0.2) is 4.98 Å². The molecule has 0 saturated heterocycles. The van der Waals surface area contributed by atoms with Crippen LogP contribution in [0.1, 0.15) is 49.7 Å². The summed E-state index contributed by atoms with van der Waals surface area (Å²) in [4.78, 5) is 32.2. The van der Waals surface area contributed by atoms with Gasteiger partial charge in [0, 0.05) is 12.8 Å². The largest absolute Gasteiger partial charge is 0.349 e. The fraction of sp³-hybridized carbons (Fsp3) is 0.348. The molecule has 1 aliphatic rings. The third kappa shape index (κ3) is 3.57. The molecule has 28 heavy (non-hydrogen) atoms. The molecule has 0 radical (unpaired) electrons. The van der Waals surface area contributed by atoms with Gasteiger partial charge in [0.1, 0.15) is 5.82 Å². The number of amides is 1. The smallest absolute Gasteiger partial charge is 0.258 e. The Bertz CT molecular complexity index is 1080. The van der Waals surface area contributed by atoms with E-state index in [1.54, 1.807) is 6.07 Å². The number of hydrogen-bond acceptors (Lipinski definition) is 3. The van der Waals surface area contributed by atoms with E-state index in [1.807, 2.05) is 24.3 Å². The molecule has 2 N–H and O–H groups in total. The molecule has 3 aromatic rings. The van der Waals surface area contributed by atoms with Crippen LogP contribution in [0.3, 0.4) is 0 Å². The maximum absolute atomic E-state index is 12.7. The number of nitrogens with one attached hydrogen (secondary N) is 2. The number of nitrogens with zero attached hydrogens (tertiary/aromatic N) is 1. The molecule has 1 aromatic heterocycles. The van der Waals surface area contributed by atoms with Crippen LogP contribution in [0.2, 0.25) is 0 Å². The van der Waals surface area contributed by atoms with Crippen LogP contribution in [-0.4, -0.2) is 15.9 Å². The van der Waals surface area contributed by atoms with Crippen LogP contribution in [0.5, 0.6) is 0 Å². The average Bonchev–Trinajstić information content (AvgIpc) is 2.69. The molecule has 0 fully saturated rings. The quantitative estimate of drug-likeness (QED) is 0.730. The highest BCUT2D eigenvalue weighted by Gasteiger charge is 2.36. The standard InChI is InChI=1S/C23H25N3O2/c1-23(2)14-13-15-7-3-4-8-16(15)21(23)26-20(27)12-11-19-24-18-10-6-5-9-17(18)22(28)25-19/h3-10,21H,11-14H2,1-2H3,(H,26,27)(H,24,25,28). The van der Waals surface area contributed by atoms with Gasteiger partial charge in [-0.15, -0.1) is 0 Å². The second kappa shape index (κ2) is 7.23. The zero-order valence-corrected chi connectivity index (χ0v) is 16.3. The van der Waals surface area contributed by atoms with Gasteiger partial charge in [0.25, 0.3) is 5.56 Å². The van der Waals surface area contributed by atoms with Crippen molar-refractivity contribution in [2.45, 2.75) is 45.6 Å². The summed E-state index contributed by atoms with van der Waals surface area (Å²) >= 11 is 0. The van der Waals surface area contributed by atoms with Crippen LogP contribution >= 0.6 is 0 Å². The summed E-state index contributed by atoms with van der Waals surface area (Å²) in [5.74, 6) is 0.521. The van der Waals surface area contributed by atoms with E-state index < -0.39 is 0 Å². The van der Waals surface area contributed by atoms with Crippen molar-refractivity contribution >= 4 is 16.8 Å². The fourth-order valence-corrected chi connectivity index (χ4v) is 4.06. The van der Waals surface area contributed by atoms with Gasteiger partial charge >= 0.3 is 0 Å². The molecule has 1 aliphatic carbocycles. The van der Waals surface area contributed by atoms with Crippen LogP contribution in [0.15, 0.2) is 53.3 Å². The highest BCUT2D eigenvalue weighted by Crippen LogP contribution is 2.43. The lowest BCUT2D eigenvalue weighted by Crippen LogP contribution is -2.41. The molecular formula is C23H25N3O2. The van der Waals surface area contributed by atoms with Gasteiger partial charge in [0.15, 0.2) is 0 Å². The summed E-state index contributed by atoms with van der Waals surface area (Å²) in [6.07, 6.45) is 2.77. The van der Waals surface area contributed by atoms with Gasteiger partial charge in [-0.3, -0.25) is 9.59 Å². The van der Waals surface area contributed by atoms with E-state index >= 15 is 0 Å². The Balaban J connectivity index is 1.48. The topological polar surface area (TPSA) is 74.8 Å². The first kappa shape index (κ1) is 18.4. The molecule has 0 spiro atoms. The monoisotopic (exact) mass is 375 g/mol. The number of benzene rings is 2. The number of hydrogen-bond donors (Lipinski definition) is 2. The Morgan fingerprint density at radius 1 is 1.18 bits per heavy atom. The summed E-state index contributed by atoms with van der Waals surface area (Å²) in [5.41, 5.74) is 3.02. The third-order valence-corrected chi connectivity index (χ3v) is 5.74. The number of aromatic amines is 1. The van der Waals surface area contributed by atoms with Crippen molar-refractivity contribution in [3.05, 3.63) is 75.8 Å². The van der Waals surface area contributed by atoms with Gasteiger partial charge in [0.2, 0.25) is 5.91 Å². The van der Waals surface area contributed by atoms with Gasteiger partial charge in [-0.2, -0.15) is 0 Å². The van der Waals surface area contributed by atoms with E-state index in [0.29, 0.717) is 23.1 Å². The summed E-state index contributed by atoms with van der Waals surface area (Å²) in [5, 5.41) is 3.79. The predicted octanol–water partition coefficient (Wildman–Crippen LogP) is 3.69. The number of aryl methyl sites for hydroxylation is 2. The SMILES string of the molecule is CC1(C)CCc2ccccc2C1NC(=O)CCc1nc2ccccc2c(=O)[nH]1. The van der Waals surface area contributed by atoms with E-state index in [9.17, 15) is 9.59 Å². The molecule has 5 heteroatoms. The lowest BCUT2D eigenvalue weighted by Gasteiger charge is -2.40. The molecular weight excluding hydrogens is 350 g/mol. The molecule has 0 aliphatic heterocycles. The molecule has 1 atom stereocenters. The van der Waals surface area contributed by atoms with Crippen LogP contribution in [0.4, 0.5) is 0 Å². The van der Waals surface area contributed by atoms with E-state index in [2.05, 4.69) is 47.3 Å². The molecule has 1 amide bonds. The van der Waals surface area contributed by atoms with Crippen molar-refractivity contribution in [1.82, 2.24) is 15.3 Å². The Hall–Kier alpha value is -2.95. The van der Waals surface area contributed by atoms with Crippen molar-refractivity contribution < 1.29 is 4.79 Å². The Morgan fingerprint density at radius 2 is 1.93 bits per heavy atom. The summed E-state index contributed by atoms with van der Waals surface area (Å²) in [7, 11) is 0. The van der Waals surface area contributed by atoms with Gasteiger partial charge in [0.05, 0.1) is 16.9 Å². The lowest BCUT2D eigenvalue weighted by atomic mass is 9.70. The van der Waals surface area contributed by atoms with Crippen molar-refractivity contribution in [3.8, 4) is 0 Å². The zero-order valence-electron chi connectivity index (χ0n) is 16.3. The van der Waals surface area contributed by atoms with E-state index in [4.69, 9.17) is 0 Å². The van der Waals surface area contributed by atoms with E-state index in [-0.39, 0.29) is 29.3 Å². The van der Waals surface area contributed by atoms with E-state index in [1.165, 1.54) is 11.1 Å². The van der Waals surface area contributed by atoms with Crippen LogP contribution in [0.25, 0.3) is 10.9 Å². The maximum atomic E-state index is 12.7. The molecule has 4 rings (SSSR count). The molecule has 0 bridgehead atoms. The fourth-order valence-electron chi connectivity index (χ4n) is 4.06. The number of rotatable bonds is 4.